The first-order valence-corrected chi connectivity index (χ1v) is 3.69. The van der Waals surface area contributed by atoms with E-state index in [0.29, 0.717) is 6.08 Å². The van der Waals surface area contributed by atoms with Crippen molar-refractivity contribution < 1.29 is 17.6 Å². The van der Waals surface area contributed by atoms with Crippen molar-refractivity contribution in [2.75, 3.05) is 0 Å². The quantitative estimate of drug-likeness (QED) is 0.491. The maximum atomic E-state index is 12.8. The van der Waals surface area contributed by atoms with Crippen molar-refractivity contribution in [2.45, 2.75) is 12.6 Å². The van der Waals surface area contributed by atoms with E-state index in [0.717, 1.165) is 0 Å². The van der Waals surface area contributed by atoms with Crippen molar-refractivity contribution in [3.8, 4) is 0 Å². The van der Waals surface area contributed by atoms with Crippen LogP contribution in [0.5, 0.6) is 0 Å². The van der Waals surface area contributed by atoms with E-state index in [2.05, 4.69) is 12.2 Å². The smallest absolute Gasteiger partial charge is 0.402 e. The van der Waals surface area contributed by atoms with Gasteiger partial charge in [-0.2, -0.15) is 13.2 Å². The first-order chi connectivity index (χ1) is 5.82. The molecule has 6 heteroatoms. The van der Waals surface area contributed by atoms with Crippen LogP contribution in [-0.2, 0) is 0 Å². The van der Waals surface area contributed by atoms with Crippen molar-refractivity contribution in [3.63, 3.8) is 0 Å². The second-order valence-corrected chi connectivity index (χ2v) is 3.04. The molecule has 0 bridgehead atoms. The molecule has 0 spiro atoms. The molecule has 0 fully saturated rings. The van der Waals surface area contributed by atoms with Crippen LogP contribution in [0.4, 0.5) is 17.6 Å². The monoisotopic (exact) mass is 211 g/mol. The van der Waals surface area contributed by atoms with Crippen molar-refractivity contribution in [2.24, 2.45) is 5.73 Å². The fourth-order valence-corrected chi connectivity index (χ4v) is 1.20. The molecular weight excluding hydrogens is 206 g/mol. The average molecular weight is 211 g/mol. The van der Waals surface area contributed by atoms with Crippen molar-refractivity contribution in [1.82, 2.24) is 0 Å². The molecule has 0 amide bonds. The van der Waals surface area contributed by atoms with Gasteiger partial charge in [-0.1, -0.05) is 12.2 Å². The van der Waals surface area contributed by atoms with Gasteiger partial charge in [0.1, 0.15) is 5.83 Å². The van der Waals surface area contributed by atoms with E-state index >= 15 is 0 Å². The highest BCUT2D eigenvalue weighted by Crippen LogP contribution is 2.34. The Morgan fingerprint density at radius 3 is 2.38 bits per heavy atom. The van der Waals surface area contributed by atoms with Gasteiger partial charge >= 0.3 is 6.18 Å². The Morgan fingerprint density at radius 1 is 1.38 bits per heavy atom. The zero-order valence-electron chi connectivity index (χ0n) is 6.28. The molecule has 0 aliphatic heterocycles. The summed E-state index contributed by atoms with van der Waals surface area (Å²) in [7, 11) is 0. The van der Waals surface area contributed by atoms with Crippen LogP contribution < -0.4 is 5.73 Å². The van der Waals surface area contributed by atoms with Gasteiger partial charge in [0.05, 0.1) is 10.4 Å². The SMILES string of the molecule is NC1=CC(C(F)(F)F)=C(F)C(=S)C1. The van der Waals surface area contributed by atoms with Gasteiger partial charge in [-0.3, -0.25) is 0 Å². The van der Waals surface area contributed by atoms with E-state index in [-0.39, 0.29) is 12.1 Å². The maximum Gasteiger partial charge on any atom is 0.419 e. The molecule has 0 saturated heterocycles. The maximum absolute atomic E-state index is 12.8. The molecule has 1 nitrogen and oxygen atoms in total. The number of hydrogen-bond acceptors (Lipinski definition) is 2. The van der Waals surface area contributed by atoms with Crippen LogP contribution in [0.3, 0.4) is 0 Å². The minimum absolute atomic E-state index is 0.0706. The number of hydrogen-bond donors (Lipinski definition) is 1. The van der Waals surface area contributed by atoms with Crippen molar-refractivity contribution >= 4 is 17.1 Å². The lowest BCUT2D eigenvalue weighted by Gasteiger charge is -2.15. The number of nitrogens with two attached hydrogens (primary N) is 1. The summed E-state index contributed by atoms with van der Waals surface area (Å²) in [6, 6.07) is 0. The van der Waals surface area contributed by atoms with Crippen LogP contribution in [0.15, 0.2) is 23.2 Å². The highest BCUT2D eigenvalue weighted by molar-refractivity contribution is 7.80. The fraction of sp³-hybridized carbons (Fsp3) is 0.286. The molecule has 0 aromatic rings. The van der Waals surface area contributed by atoms with E-state index in [1.54, 1.807) is 0 Å². The first-order valence-electron chi connectivity index (χ1n) is 3.28. The topological polar surface area (TPSA) is 26.0 Å². The summed E-state index contributed by atoms with van der Waals surface area (Å²) in [5.41, 5.74) is 3.69. The number of allylic oxidation sites excluding steroid dienone is 4. The number of thiocarbonyl (C=S) groups is 1. The van der Waals surface area contributed by atoms with Crippen molar-refractivity contribution in [3.05, 3.63) is 23.2 Å². The Hall–Kier alpha value is -0.910. The van der Waals surface area contributed by atoms with Gasteiger partial charge in [-0.25, -0.2) is 4.39 Å². The molecule has 0 atom stereocenters. The van der Waals surface area contributed by atoms with Crippen LogP contribution in [-0.4, -0.2) is 11.0 Å². The summed E-state index contributed by atoms with van der Waals surface area (Å²) in [6.07, 6.45) is -4.29. The van der Waals surface area contributed by atoms with Gasteiger partial charge in [0.15, 0.2) is 0 Å². The summed E-state index contributed by atoms with van der Waals surface area (Å²) in [6.45, 7) is 0. The van der Waals surface area contributed by atoms with E-state index in [1.165, 1.54) is 0 Å². The molecular formula is C7H5F4NS. The highest BCUT2D eigenvalue weighted by Gasteiger charge is 2.38. The molecule has 0 aromatic heterocycles. The van der Waals surface area contributed by atoms with E-state index in [9.17, 15) is 17.6 Å². The lowest BCUT2D eigenvalue weighted by molar-refractivity contribution is -0.0897. The normalized spacial score (nSPS) is 19.1. The second kappa shape index (κ2) is 3.10. The lowest BCUT2D eigenvalue weighted by Crippen LogP contribution is -2.20. The molecule has 0 heterocycles. The Bertz CT molecular complexity index is 313. The average Bonchev–Trinajstić information content (AvgIpc) is 1.94. The van der Waals surface area contributed by atoms with Crippen LogP contribution in [0.1, 0.15) is 6.42 Å². The minimum atomic E-state index is -4.74. The third-order valence-electron chi connectivity index (χ3n) is 1.48. The fourth-order valence-electron chi connectivity index (χ4n) is 0.919. The van der Waals surface area contributed by atoms with Gasteiger partial charge in [0.25, 0.3) is 0 Å². The molecule has 0 unspecified atom stereocenters. The Balaban J connectivity index is 3.19. The molecule has 1 rings (SSSR count). The molecule has 2 N–H and O–H groups in total. The predicted octanol–water partition coefficient (Wildman–Crippen LogP) is 2.39. The molecule has 0 radical (unpaired) electrons. The highest BCUT2D eigenvalue weighted by atomic mass is 32.1. The van der Waals surface area contributed by atoms with E-state index < -0.39 is 22.4 Å². The Kier molecular flexibility index (Phi) is 2.42. The predicted molar refractivity (Wildman–Crippen MR) is 43.7 cm³/mol. The molecule has 13 heavy (non-hydrogen) atoms. The number of rotatable bonds is 0. The van der Waals surface area contributed by atoms with Gasteiger partial charge in [0, 0.05) is 12.1 Å². The van der Waals surface area contributed by atoms with Crippen LogP contribution in [0.2, 0.25) is 0 Å². The van der Waals surface area contributed by atoms with Gasteiger partial charge in [-0.15, -0.1) is 0 Å². The molecule has 1 aliphatic rings. The zero-order valence-corrected chi connectivity index (χ0v) is 7.10. The molecule has 0 saturated carbocycles. The van der Waals surface area contributed by atoms with Crippen LogP contribution in [0, 0.1) is 0 Å². The minimum Gasteiger partial charge on any atom is -0.402 e. The standard InChI is InChI=1S/C7H5F4NS/c8-6-4(7(9,10)11)1-3(12)2-5(6)13/h1H,2,12H2. The Labute approximate surface area is 76.9 Å². The second-order valence-electron chi connectivity index (χ2n) is 2.54. The third kappa shape index (κ3) is 2.06. The number of alkyl halides is 3. The summed E-state index contributed by atoms with van der Waals surface area (Å²) in [5.74, 6) is -1.39. The summed E-state index contributed by atoms with van der Waals surface area (Å²) in [5, 5.41) is 0. The van der Waals surface area contributed by atoms with Crippen LogP contribution in [0.25, 0.3) is 0 Å². The largest absolute Gasteiger partial charge is 0.419 e. The Morgan fingerprint density at radius 2 is 1.92 bits per heavy atom. The third-order valence-corrected chi connectivity index (χ3v) is 1.80. The molecule has 72 valence electrons. The van der Waals surface area contributed by atoms with Gasteiger partial charge in [-0.05, 0) is 6.08 Å². The van der Waals surface area contributed by atoms with Crippen molar-refractivity contribution in [1.29, 1.82) is 0 Å². The van der Waals surface area contributed by atoms with Crippen LogP contribution >= 0.6 is 12.2 Å². The van der Waals surface area contributed by atoms with Gasteiger partial charge in [0.2, 0.25) is 0 Å². The van der Waals surface area contributed by atoms with Gasteiger partial charge < -0.3 is 5.73 Å². The first kappa shape index (κ1) is 10.2. The van der Waals surface area contributed by atoms with E-state index in [1.807, 2.05) is 0 Å². The molecule has 1 aliphatic carbocycles. The molecule has 0 aromatic carbocycles. The number of halogens is 4. The lowest BCUT2D eigenvalue weighted by atomic mass is 10.0. The summed E-state index contributed by atoms with van der Waals surface area (Å²) >= 11 is 4.40. The zero-order chi connectivity index (χ0) is 10.2. The summed E-state index contributed by atoms with van der Waals surface area (Å²) in [4.78, 5) is -0.396. The summed E-state index contributed by atoms with van der Waals surface area (Å²) < 4.78 is 49.1. The van der Waals surface area contributed by atoms with E-state index in [4.69, 9.17) is 5.73 Å².